The Bertz CT molecular complexity index is 530. The minimum absolute atomic E-state index is 0.578. The highest BCUT2D eigenvalue weighted by Gasteiger charge is 2.15. The highest BCUT2D eigenvalue weighted by Crippen LogP contribution is 2.27. The van der Waals surface area contributed by atoms with Gasteiger partial charge in [0.1, 0.15) is 5.82 Å². The van der Waals surface area contributed by atoms with Crippen LogP contribution in [0.4, 0.5) is 11.5 Å². The van der Waals surface area contributed by atoms with Gasteiger partial charge in [-0.25, -0.2) is 4.98 Å². The normalized spacial score (nSPS) is 16.5. The number of anilines is 2. The van der Waals surface area contributed by atoms with Gasteiger partial charge in [0.2, 0.25) is 0 Å². The van der Waals surface area contributed by atoms with Gasteiger partial charge in [-0.05, 0) is 36.4 Å². The van der Waals surface area contributed by atoms with E-state index in [4.69, 9.17) is 5.73 Å². The van der Waals surface area contributed by atoms with Gasteiger partial charge in [-0.1, -0.05) is 18.9 Å². The number of benzene rings is 1. The lowest BCUT2D eigenvalue weighted by Gasteiger charge is -2.14. The van der Waals surface area contributed by atoms with Gasteiger partial charge in [-0.15, -0.1) is 0 Å². The second kappa shape index (κ2) is 4.24. The van der Waals surface area contributed by atoms with Crippen molar-refractivity contribution < 1.29 is 0 Å². The molecule has 1 aromatic heterocycles. The Kier molecular flexibility index (Phi) is 2.59. The van der Waals surface area contributed by atoms with Crippen LogP contribution in [0.5, 0.6) is 0 Å². The maximum atomic E-state index is 5.85. The molecule has 1 saturated carbocycles. The number of hydrogen-bond donors (Lipinski definition) is 2. The standard InChI is InChI=1S/C14H17N3/c15-11-6-5-10-7-8-16-14(13(10)9-11)17-12-3-1-2-4-12/h5-9,12H,1-4,15H2,(H,16,17). The zero-order chi connectivity index (χ0) is 11.7. The molecule has 3 rings (SSSR count). The molecule has 3 heteroatoms. The first-order chi connectivity index (χ1) is 8.33. The quantitative estimate of drug-likeness (QED) is 0.775. The Labute approximate surface area is 101 Å². The zero-order valence-electron chi connectivity index (χ0n) is 9.82. The molecule has 1 fully saturated rings. The minimum atomic E-state index is 0.578. The van der Waals surface area contributed by atoms with Gasteiger partial charge < -0.3 is 11.1 Å². The largest absolute Gasteiger partial charge is 0.399 e. The Morgan fingerprint density at radius 3 is 2.82 bits per heavy atom. The molecule has 1 aliphatic rings. The summed E-state index contributed by atoms with van der Waals surface area (Å²) in [6, 6.07) is 8.58. The third-order valence-electron chi connectivity index (χ3n) is 3.49. The van der Waals surface area contributed by atoms with Crippen molar-refractivity contribution >= 4 is 22.3 Å². The summed E-state index contributed by atoms with van der Waals surface area (Å²) in [6.07, 6.45) is 7.01. The van der Waals surface area contributed by atoms with Crippen LogP contribution in [0.3, 0.4) is 0 Å². The summed E-state index contributed by atoms with van der Waals surface area (Å²) >= 11 is 0. The van der Waals surface area contributed by atoms with E-state index in [0.717, 1.165) is 16.9 Å². The summed E-state index contributed by atoms with van der Waals surface area (Å²) in [5.74, 6) is 0.974. The Hall–Kier alpha value is -1.77. The third-order valence-corrected chi connectivity index (χ3v) is 3.49. The van der Waals surface area contributed by atoms with E-state index < -0.39 is 0 Å². The topological polar surface area (TPSA) is 50.9 Å². The molecule has 0 unspecified atom stereocenters. The molecule has 17 heavy (non-hydrogen) atoms. The van der Waals surface area contributed by atoms with Crippen LogP contribution >= 0.6 is 0 Å². The zero-order valence-corrected chi connectivity index (χ0v) is 9.82. The van der Waals surface area contributed by atoms with Crippen molar-refractivity contribution in [3.63, 3.8) is 0 Å². The Balaban J connectivity index is 1.99. The highest BCUT2D eigenvalue weighted by atomic mass is 15.0. The van der Waals surface area contributed by atoms with Crippen molar-refractivity contribution in [1.82, 2.24) is 4.98 Å². The van der Waals surface area contributed by atoms with Crippen LogP contribution < -0.4 is 11.1 Å². The number of hydrogen-bond acceptors (Lipinski definition) is 3. The van der Waals surface area contributed by atoms with Gasteiger partial charge in [0, 0.05) is 23.3 Å². The SMILES string of the molecule is Nc1ccc2ccnc(NC3CCCC3)c2c1. The van der Waals surface area contributed by atoms with Crippen LogP contribution in [0.15, 0.2) is 30.5 Å². The lowest BCUT2D eigenvalue weighted by molar-refractivity contribution is 0.752. The molecule has 0 bridgehead atoms. The molecule has 3 nitrogen and oxygen atoms in total. The summed E-state index contributed by atoms with van der Waals surface area (Å²) in [5, 5.41) is 5.86. The van der Waals surface area contributed by atoms with Crippen LogP contribution in [-0.2, 0) is 0 Å². The number of fused-ring (bicyclic) bond motifs is 1. The van der Waals surface area contributed by atoms with Crippen molar-refractivity contribution in [2.75, 3.05) is 11.1 Å². The van der Waals surface area contributed by atoms with Crippen LogP contribution in [-0.4, -0.2) is 11.0 Å². The predicted molar refractivity (Wildman–Crippen MR) is 72.0 cm³/mol. The lowest BCUT2D eigenvalue weighted by atomic mass is 10.1. The van der Waals surface area contributed by atoms with Crippen molar-refractivity contribution in [1.29, 1.82) is 0 Å². The van der Waals surface area contributed by atoms with Gasteiger partial charge in [-0.2, -0.15) is 0 Å². The monoisotopic (exact) mass is 227 g/mol. The minimum Gasteiger partial charge on any atom is -0.399 e. The Morgan fingerprint density at radius 1 is 1.18 bits per heavy atom. The van der Waals surface area contributed by atoms with E-state index in [2.05, 4.69) is 10.3 Å². The molecule has 1 heterocycles. The van der Waals surface area contributed by atoms with Crippen molar-refractivity contribution in [2.45, 2.75) is 31.7 Å². The number of pyridine rings is 1. The average molecular weight is 227 g/mol. The second-order valence-electron chi connectivity index (χ2n) is 4.77. The molecule has 2 aromatic rings. The van der Waals surface area contributed by atoms with E-state index in [-0.39, 0.29) is 0 Å². The van der Waals surface area contributed by atoms with Crippen LogP contribution in [0.2, 0.25) is 0 Å². The molecule has 0 spiro atoms. The molecule has 1 aliphatic carbocycles. The maximum absolute atomic E-state index is 5.85. The van der Waals surface area contributed by atoms with E-state index in [0.29, 0.717) is 6.04 Å². The molecular weight excluding hydrogens is 210 g/mol. The molecular formula is C14H17N3. The molecule has 3 N–H and O–H groups in total. The Morgan fingerprint density at radius 2 is 2.00 bits per heavy atom. The molecule has 1 aromatic carbocycles. The van der Waals surface area contributed by atoms with Gasteiger partial charge >= 0.3 is 0 Å². The van der Waals surface area contributed by atoms with Crippen molar-refractivity contribution in [2.24, 2.45) is 0 Å². The van der Waals surface area contributed by atoms with E-state index in [9.17, 15) is 0 Å². The van der Waals surface area contributed by atoms with E-state index >= 15 is 0 Å². The fourth-order valence-corrected chi connectivity index (χ4v) is 2.56. The van der Waals surface area contributed by atoms with Gasteiger partial charge in [-0.3, -0.25) is 0 Å². The summed E-state index contributed by atoms with van der Waals surface area (Å²) in [4.78, 5) is 4.44. The fourth-order valence-electron chi connectivity index (χ4n) is 2.56. The first kappa shape index (κ1) is 10.4. The fraction of sp³-hybridized carbons (Fsp3) is 0.357. The predicted octanol–water partition coefficient (Wildman–Crippen LogP) is 3.17. The number of nitrogens with two attached hydrogens (primary N) is 1. The number of nitrogen functional groups attached to an aromatic ring is 1. The number of aromatic nitrogens is 1. The summed E-state index contributed by atoms with van der Waals surface area (Å²) < 4.78 is 0. The molecule has 0 amide bonds. The summed E-state index contributed by atoms with van der Waals surface area (Å²) in [6.45, 7) is 0. The van der Waals surface area contributed by atoms with Gasteiger partial charge in [0.25, 0.3) is 0 Å². The smallest absolute Gasteiger partial charge is 0.134 e. The number of rotatable bonds is 2. The molecule has 0 saturated heterocycles. The van der Waals surface area contributed by atoms with Crippen LogP contribution in [0.1, 0.15) is 25.7 Å². The van der Waals surface area contributed by atoms with E-state index in [1.807, 2.05) is 30.5 Å². The van der Waals surface area contributed by atoms with E-state index in [1.165, 1.54) is 31.1 Å². The molecule has 0 aliphatic heterocycles. The number of nitrogens with zero attached hydrogens (tertiary/aromatic N) is 1. The van der Waals surface area contributed by atoms with Crippen molar-refractivity contribution in [3.05, 3.63) is 30.5 Å². The first-order valence-electron chi connectivity index (χ1n) is 6.24. The molecule has 0 radical (unpaired) electrons. The summed E-state index contributed by atoms with van der Waals surface area (Å²) in [5.41, 5.74) is 6.64. The first-order valence-corrected chi connectivity index (χ1v) is 6.24. The average Bonchev–Trinajstić information content (AvgIpc) is 2.83. The third kappa shape index (κ3) is 2.05. The molecule has 88 valence electrons. The lowest BCUT2D eigenvalue weighted by Crippen LogP contribution is -2.15. The second-order valence-corrected chi connectivity index (χ2v) is 4.77. The maximum Gasteiger partial charge on any atom is 0.134 e. The van der Waals surface area contributed by atoms with Gasteiger partial charge in [0.15, 0.2) is 0 Å². The van der Waals surface area contributed by atoms with Crippen LogP contribution in [0, 0.1) is 0 Å². The number of nitrogens with one attached hydrogen (secondary N) is 1. The summed E-state index contributed by atoms with van der Waals surface area (Å²) in [7, 11) is 0. The molecule has 0 atom stereocenters. The van der Waals surface area contributed by atoms with Crippen LogP contribution in [0.25, 0.3) is 10.8 Å². The van der Waals surface area contributed by atoms with E-state index in [1.54, 1.807) is 0 Å². The highest BCUT2D eigenvalue weighted by molar-refractivity contribution is 5.93. The van der Waals surface area contributed by atoms with Gasteiger partial charge in [0.05, 0.1) is 0 Å². The van der Waals surface area contributed by atoms with Crippen molar-refractivity contribution in [3.8, 4) is 0 Å².